The zero-order valence-electron chi connectivity index (χ0n) is 12.4. The summed E-state index contributed by atoms with van der Waals surface area (Å²) in [6.45, 7) is 6.24. The van der Waals surface area contributed by atoms with Crippen molar-refractivity contribution in [2.75, 3.05) is 0 Å². The lowest BCUT2D eigenvalue weighted by Crippen LogP contribution is -2.27. The first-order valence-corrected chi connectivity index (χ1v) is 7.00. The fourth-order valence-corrected chi connectivity index (χ4v) is 2.05. The first kappa shape index (κ1) is 14.8. The number of benzene rings is 1. The van der Waals surface area contributed by atoms with E-state index in [4.69, 9.17) is 9.47 Å². The Morgan fingerprint density at radius 1 is 1.25 bits per heavy atom. The number of hydrogen-bond acceptors (Lipinski definition) is 3. The molecule has 3 nitrogen and oxygen atoms in total. The highest BCUT2D eigenvalue weighted by molar-refractivity contribution is 5.83. The minimum absolute atomic E-state index is 0.226. The van der Waals surface area contributed by atoms with Crippen molar-refractivity contribution in [2.24, 2.45) is 0 Å². The van der Waals surface area contributed by atoms with Crippen LogP contribution in [0.5, 0.6) is 0 Å². The number of ether oxygens (including phenoxy) is 2. The lowest BCUT2D eigenvalue weighted by molar-refractivity contribution is -0.148. The van der Waals surface area contributed by atoms with Gasteiger partial charge in [0, 0.05) is 6.08 Å². The maximum atomic E-state index is 11.6. The zero-order valence-corrected chi connectivity index (χ0v) is 12.4. The number of carbonyl (C=O) groups excluding carboxylic acids is 1. The van der Waals surface area contributed by atoms with Crippen LogP contribution >= 0.6 is 0 Å². The molecular weight excluding hydrogens is 252 g/mol. The summed E-state index contributed by atoms with van der Waals surface area (Å²) in [5.41, 5.74) is 1.86. The van der Waals surface area contributed by atoms with E-state index in [1.807, 2.05) is 39.0 Å². The standard InChI is InChI=1S/C17H22O3/c1-17(2,3)20-16(18)11-14-9-15(10-14)19-12-13-7-5-4-6-8-13/h4-8,11,15H,9-10,12H2,1-3H3. The summed E-state index contributed by atoms with van der Waals surface area (Å²) in [4.78, 5) is 11.6. The molecule has 0 radical (unpaired) electrons. The van der Waals surface area contributed by atoms with Gasteiger partial charge in [0.15, 0.2) is 0 Å². The van der Waals surface area contributed by atoms with Crippen molar-refractivity contribution in [3.8, 4) is 0 Å². The van der Waals surface area contributed by atoms with Crippen LogP contribution in [0.15, 0.2) is 42.0 Å². The Morgan fingerprint density at radius 2 is 1.90 bits per heavy atom. The summed E-state index contributed by atoms with van der Waals surface area (Å²) in [6, 6.07) is 10.1. The lowest BCUT2D eigenvalue weighted by Gasteiger charge is -2.29. The molecule has 0 spiro atoms. The van der Waals surface area contributed by atoms with E-state index in [1.54, 1.807) is 6.08 Å². The van der Waals surface area contributed by atoms with Crippen molar-refractivity contribution in [1.29, 1.82) is 0 Å². The van der Waals surface area contributed by atoms with Crippen LogP contribution in [0.2, 0.25) is 0 Å². The van der Waals surface area contributed by atoms with E-state index in [-0.39, 0.29) is 12.1 Å². The molecule has 3 heteroatoms. The first-order chi connectivity index (χ1) is 9.42. The van der Waals surface area contributed by atoms with Gasteiger partial charge in [-0.3, -0.25) is 0 Å². The highest BCUT2D eigenvalue weighted by atomic mass is 16.6. The maximum absolute atomic E-state index is 11.6. The van der Waals surface area contributed by atoms with Crippen molar-refractivity contribution in [3.63, 3.8) is 0 Å². The van der Waals surface area contributed by atoms with Crippen LogP contribution in [0.4, 0.5) is 0 Å². The Hall–Kier alpha value is -1.61. The molecule has 0 heterocycles. The van der Waals surface area contributed by atoms with Gasteiger partial charge in [-0.25, -0.2) is 4.79 Å². The number of carbonyl (C=O) groups is 1. The smallest absolute Gasteiger partial charge is 0.331 e. The molecule has 0 unspecified atom stereocenters. The molecule has 108 valence electrons. The van der Waals surface area contributed by atoms with Gasteiger partial charge in [0.2, 0.25) is 0 Å². The second-order valence-corrected chi connectivity index (χ2v) is 6.16. The van der Waals surface area contributed by atoms with Gasteiger partial charge >= 0.3 is 5.97 Å². The van der Waals surface area contributed by atoms with E-state index in [0.29, 0.717) is 6.61 Å². The van der Waals surface area contributed by atoms with Crippen molar-refractivity contribution >= 4 is 5.97 Å². The molecule has 0 aliphatic heterocycles. The highest BCUT2D eigenvalue weighted by Gasteiger charge is 2.25. The predicted molar refractivity (Wildman–Crippen MR) is 78.2 cm³/mol. The highest BCUT2D eigenvalue weighted by Crippen LogP contribution is 2.30. The van der Waals surface area contributed by atoms with E-state index in [2.05, 4.69) is 12.1 Å². The van der Waals surface area contributed by atoms with E-state index in [9.17, 15) is 4.79 Å². The van der Waals surface area contributed by atoms with Crippen molar-refractivity contribution in [2.45, 2.75) is 51.9 Å². The van der Waals surface area contributed by atoms with Gasteiger partial charge in [-0.05, 0) is 39.2 Å². The lowest BCUT2D eigenvalue weighted by atomic mass is 9.88. The summed E-state index contributed by atoms with van der Waals surface area (Å²) in [5.74, 6) is -0.256. The van der Waals surface area contributed by atoms with E-state index in [1.165, 1.54) is 5.56 Å². The van der Waals surface area contributed by atoms with Gasteiger partial charge in [-0.15, -0.1) is 0 Å². The van der Waals surface area contributed by atoms with Crippen LogP contribution < -0.4 is 0 Å². The quantitative estimate of drug-likeness (QED) is 0.621. The van der Waals surface area contributed by atoms with Gasteiger partial charge in [0.05, 0.1) is 12.7 Å². The summed E-state index contributed by atoms with van der Waals surface area (Å²) in [5, 5.41) is 0. The third-order valence-electron chi connectivity index (χ3n) is 3.04. The molecule has 1 saturated carbocycles. The van der Waals surface area contributed by atoms with Crippen LogP contribution in [-0.4, -0.2) is 17.7 Å². The first-order valence-electron chi connectivity index (χ1n) is 7.00. The average Bonchev–Trinajstić information content (AvgIpc) is 2.31. The van der Waals surface area contributed by atoms with Gasteiger partial charge in [0.25, 0.3) is 0 Å². The minimum atomic E-state index is -0.429. The van der Waals surface area contributed by atoms with Crippen LogP contribution in [0.3, 0.4) is 0 Å². The van der Waals surface area contributed by atoms with Crippen molar-refractivity contribution < 1.29 is 14.3 Å². The van der Waals surface area contributed by atoms with Crippen LogP contribution in [0, 0.1) is 0 Å². The van der Waals surface area contributed by atoms with Gasteiger partial charge in [-0.2, -0.15) is 0 Å². The molecule has 1 fully saturated rings. The molecule has 1 aromatic rings. The van der Waals surface area contributed by atoms with E-state index < -0.39 is 5.60 Å². The average molecular weight is 274 g/mol. The Labute approximate surface area is 120 Å². The monoisotopic (exact) mass is 274 g/mol. The Balaban J connectivity index is 1.71. The largest absolute Gasteiger partial charge is 0.457 e. The van der Waals surface area contributed by atoms with Gasteiger partial charge < -0.3 is 9.47 Å². The fourth-order valence-electron chi connectivity index (χ4n) is 2.05. The molecule has 0 amide bonds. The van der Waals surface area contributed by atoms with E-state index in [0.717, 1.165) is 18.4 Å². The van der Waals surface area contributed by atoms with Crippen molar-refractivity contribution in [1.82, 2.24) is 0 Å². The maximum Gasteiger partial charge on any atom is 0.331 e. The zero-order chi connectivity index (χ0) is 14.6. The molecular formula is C17H22O3. The second-order valence-electron chi connectivity index (χ2n) is 6.16. The molecule has 1 aliphatic rings. The SMILES string of the molecule is CC(C)(C)OC(=O)C=C1CC(OCc2ccccc2)C1. The van der Waals surface area contributed by atoms with Gasteiger partial charge in [-0.1, -0.05) is 35.9 Å². The molecule has 0 saturated heterocycles. The van der Waals surface area contributed by atoms with Crippen molar-refractivity contribution in [3.05, 3.63) is 47.5 Å². The minimum Gasteiger partial charge on any atom is -0.457 e. The Bertz CT molecular complexity index is 475. The molecule has 0 N–H and O–H groups in total. The molecule has 2 rings (SSSR count). The Morgan fingerprint density at radius 3 is 2.50 bits per heavy atom. The molecule has 0 bridgehead atoms. The number of rotatable bonds is 4. The third-order valence-corrected chi connectivity index (χ3v) is 3.04. The third kappa shape index (κ3) is 4.82. The molecule has 20 heavy (non-hydrogen) atoms. The normalized spacial score (nSPS) is 18.4. The number of esters is 1. The van der Waals surface area contributed by atoms with Crippen LogP contribution in [-0.2, 0) is 20.9 Å². The molecule has 1 aromatic carbocycles. The molecule has 0 atom stereocenters. The van der Waals surface area contributed by atoms with Gasteiger partial charge in [0.1, 0.15) is 5.60 Å². The fraction of sp³-hybridized carbons (Fsp3) is 0.471. The predicted octanol–water partition coefficient (Wildman–Crippen LogP) is 3.63. The number of hydrogen-bond donors (Lipinski definition) is 0. The molecule has 1 aliphatic carbocycles. The Kier molecular flexibility index (Phi) is 4.61. The molecule has 0 aromatic heterocycles. The summed E-state index contributed by atoms with van der Waals surface area (Å²) in [7, 11) is 0. The van der Waals surface area contributed by atoms with Crippen LogP contribution in [0.1, 0.15) is 39.2 Å². The summed E-state index contributed by atoms with van der Waals surface area (Å²) < 4.78 is 11.0. The van der Waals surface area contributed by atoms with E-state index >= 15 is 0 Å². The topological polar surface area (TPSA) is 35.5 Å². The summed E-state index contributed by atoms with van der Waals surface area (Å²) in [6.07, 6.45) is 3.48. The van der Waals surface area contributed by atoms with Crippen LogP contribution in [0.25, 0.3) is 0 Å². The summed E-state index contributed by atoms with van der Waals surface area (Å²) >= 11 is 0. The second kappa shape index (κ2) is 6.23.